The number of esters is 3. The first-order valence-corrected chi connectivity index (χ1v) is 39.9. The number of thiophene rings is 1. The normalized spacial score (nSPS) is 20.6. The van der Waals surface area contributed by atoms with E-state index >= 15 is 14.4 Å². The second-order valence-electron chi connectivity index (χ2n) is 28.9. The third kappa shape index (κ3) is 19.0. The third-order valence-corrected chi connectivity index (χ3v) is 26.8. The maximum absolute atomic E-state index is 16.4. The minimum atomic E-state index is -3.42. The molecule has 110 heavy (non-hydrogen) atoms. The van der Waals surface area contributed by atoms with E-state index in [-0.39, 0.29) is 120 Å². The monoisotopic (exact) mass is 1630 g/mol. The lowest BCUT2D eigenvalue weighted by Crippen LogP contribution is -2.50. The number of pyridine rings is 2. The van der Waals surface area contributed by atoms with Gasteiger partial charge in [0.25, 0.3) is 0 Å². The van der Waals surface area contributed by atoms with Gasteiger partial charge in [-0.2, -0.15) is 37.9 Å². The lowest BCUT2D eigenvalue weighted by Gasteiger charge is -2.53. The Labute approximate surface area is 659 Å². The molecular formula is C79H82Cl4F4N6O15S2. The summed E-state index contributed by atoms with van der Waals surface area (Å²) in [5, 5.41) is 55.6. The number of fused-ring (bicyclic) bond motifs is 3. The molecule has 8 heterocycles. The maximum atomic E-state index is 16.4. The summed E-state index contributed by atoms with van der Waals surface area (Å²) in [6.45, 7) is -2.87. The van der Waals surface area contributed by atoms with Gasteiger partial charge in [0.1, 0.15) is 48.9 Å². The fourth-order valence-corrected chi connectivity index (χ4v) is 20.8. The summed E-state index contributed by atoms with van der Waals surface area (Å²) in [4.78, 5) is 65.5. The number of likely N-dealkylation sites (tertiary alicyclic amines) is 1. The number of piperidine rings is 4. The van der Waals surface area contributed by atoms with Gasteiger partial charge in [-0.05, 0) is 203 Å². The molecule has 586 valence electrons. The number of thiol groups is 1. The number of alkyl halides is 4. The van der Waals surface area contributed by atoms with E-state index in [0.717, 1.165) is 133 Å². The number of rotatable bonds is 35. The number of phenols is 1. The van der Waals surface area contributed by atoms with Crippen LogP contribution in [-0.4, -0.2) is 130 Å². The molecule has 14 rings (SSSR count). The fraction of sp³-hybridized carbons (Fsp3) is 0.418. The summed E-state index contributed by atoms with van der Waals surface area (Å²) >= 11 is 30.9. The Balaban J connectivity index is 1.03. The van der Waals surface area contributed by atoms with Gasteiger partial charge in [0.05, 0.1) is 36.1 Å². The Morgan fingerprint density at radius 3 is 1.78 bits per heavy atom. The molecule has 4 N–H and O–H groups in total. The van der Waals surface area contributed by atoms with Crippen molar-refractivity contribution in [1.82, 2.24) is 20.4 Å². The van der Waals surface area contributed by atoms with Crippen LogP contribution in [0.3, 0.4) is 0 Å². The third-order valence-electron chi connectivity index (χ3n) is 21.3. The van der Waals surface area contributed by atoms with Gasteiger partial charge in [-0.25, -0.2) is 19.2 Å². The zero-order valence-electron chi connectivity index (χ0n) is 59.7. The topological polar surface area (TPSA) is 258 Å². The number of nitrogens with zero attached hydrogens (tertiary/aromatic N) is 4. The summed E-state index contributed by atoms with van der Waals surface area (Å²) in [6, 6.07) is 23.1. The summed E-state index contributed by atoms with van der Waals surface area (Å²) in [5.74, 6) is -7.16. The number of phenolic OH excluding ortho intramolecular Hbond substituents is 1. The molecule has 4 unspecified atom stereocenters. The number of carboxylic acid groups (broad SMARTS) is 1. The zero-order chi connectivity index (χ0) is 77.5. The van der Waals surface area contributed by atoms with Crippen LogP contribution in [0.5, 0.6) is 28.7 Å². The van der Waals surface area contributed by atoms with Gasteiger partial charge in [-0.1, -0.05) is 107 Å². The highest BCUT2D eigenvalue weighted by molar-refractivity contribution is 8.25. The molecule has 2 saturated carbocycles. The molecule has 0 amide bonds. The molecule has 0 spiro atoms. The van der Waals surface area contributed by atoms with E-state index < -0.39 is 116 Å². The molecule has 6 fully saturated rings. The minimum absolute atomic E-state index is 0.00206. The Hall–Kier alpha value is -8.09. The zero-order valence-corrected chi connectivity index (χ0v) is 64.4. The van der Waals surface area contributed by atoms with Crippen LogP contribution < -0.4 is 39.0 Å². The van der Waals surface area contributed by atoms with Crippen LogP contribution in [0.25, 0.3) is 0 Å². The summed E-state index contributed by atoms with van der Waals surface area (Å²) in [7, 11) is -1.03. The van der Waals surface area contributed by atoms with E-state index in [1.165, 1.54) is 60.7 Å². The lowest BCUT2D eigenvalue weighted by atomic mass is 9.72. The van der Waals surface area contributed by atoms with Crippen molar-refractivity contribution < 1.29 is 89.6 Å². The van der Waals surface area contributed by atoms with Crippen molar-refractivity contribution in [2.24, 2.45) is 23.2 Å². The Bertz CT molecular complexity index is 4510. The lowest BCUT2D eigenvalue weighted by molar-refractivity contribution is -0.605. The van der Waals surface area contributed by atoms with Gasteiger partial charge in [0.15, 0.2) is 47.8 Å². The van der Waals surface area contributed by atoms with E-state index in [9.17, 15) is 43.0 Å². The van der Waals surface area contributed by atoms with Crippen molar-refractivity contribution >= 4 is 92.5 Å². The molecule has 7 aliphatic rings. The van der Waals surface area contributed by atoms with Crippen LogP contribution in [0.2, 0.25) is 20.1 Å². The highest BCUT2D eigenvalue weighted by Crippen LogP contribution is 2.74. The number of ether oxygens (including phenoxy) is 7. The number of carbonyl (C=O) groups excluding carboxylic acids is 3. The Morgan fingerprint density at radius 2 is 1.19 bits per heavy atom. The largest absolute Gasteiger partial charge is 0.619 e. The standard InChI is InChI=1S/C79H82Cl4F4N6O15S2/c1-90-27-22-48(23-28-90)44-104-74(98)70(51-8-5-9-53(94)32-51)88-36-54-16-20-66(109-54)73(97)108-71(52-15-19-63(107-77(86)87)65(34-52)103-43-47-12-13-47)79(68-60(82)40-93(101)41-61(68)83,57(35-56-58(80)38-92(100)39-59(56)81)50-14-18-62(106-76(84)85)64(33-50)102-42-46-10-11-46)110-55(17-21-67(110)72(95)96)37-89-69(49-6-3-2-4-7-49)75(99)105-45-78-24-29-91(30-25-78)31-26-78/h2-9,14-21,32-34,38-41,46-48,57,69-71,76-77,88-89,94,110H,10-13,22-31,35-37,42-45H2,1H3,(H,95,96)/t57-,69?,70?,71-,79?/m0/s1. The smallest absolute Gasteiger partial charge is 0.387 e. The highest BCUT2D eigenvalue weighted by atomic mass is 35.5. The molecule has 2 bridgehead atoms. The number of halogens is 8. The van der Waals surface area contributed by atoms with Gasteiger partial charge in [0, 0.05) is 40.4 Å². The average molecular weight is 1640 g/mol. The van der Waals surface area contributed by atoms with Crippen molar-refractivity contribution in [3.63, 3.8) is 0 Å². The molecule has 7 aromatic rings. The fourth-order valence-electron chi connectivity index (χ4n) is 15.0. The van der Waals surface area contributed by atoms with Gasteiger partial charge in [0.2, 0.25) is 0 Å². The summed E-state index contributed by atoms with van der Waals surface area (Å²) in [5.41, 5.74) is 0.156. The number of carbonyl (C=O) groups is 4. The van der Waals surface area contributed by atoms with Crippen molar-refractivity contribution in [3.8, 4) is 28.7 Å². The van der Waals surface area contributed by atoms with E-state index in [1.54, 1.807) is 48.5 Å². The van der Waals surface area contributed by atoms with E-state index in [0.29, 0.717) is 20.7 Å². The number of aromatic hydroxyl groups is 1. The van der Waals surface area contributed by atoms with Crippen LogP contribution in [-0.2, 0) is 46.3 Å². The summed E-state index contributed by atoms with van der Waals surface area (Å²) in [6.07, 6.45) is 11.0. The molecule has 0 radical (unpaired) electrons. The van der Waals surface area contributed by atoms with Crippen LogP contribution in [0, 0.1) is 33.6 Å². The van der Waals surface area contributed by atoms with Crippen LogP contribution in [0.15, 0.2) is 150 Å². The highest BCUT2D eigenvalue weighted by Gasteiger charge is 2.60. The van der Waals surface area contributed by atoms with Crippen LogP contribution in [0.1, 0.15) is 130 Å². The van der Waals surface area contributed by atoms with E-state index in [2.05, 4.69) is 20.4 Å². The van der Waals surface area contributed by atoms with Gasteiger partial charge in [-0.3, -0.25) is 10.6 Å². The van der Waals surface area contributed by atoms with E-state index in [1.807, 2.05) is 7.05 Å². The summed E-state index contributed by atoms with van der Waals surface area (Å²) < 4.78 is 100.0. The predicted octanol–water partition coefficient (Wildman–Crippen LogP) is 14.9. The first-order valence-electron chi connectivity index (χ1n) is 36.3. The second kappa shape index (κ2) is 35.3. The van der Waals surface area contributed by atoms with Crippen LogP contribution >= 0.6 is 68.6 Å². The molecule has 6 atom stereocenters. The molecule has 2 aliphatic carbocycles. The first-order chi connectivity index (χ1) is 52.9. The van der Waals surface area contributed by atoms with Gasteiger partial charge >= 0.3 is 37.1 Å². The number of aliphatic carboxylic acids is 1. The molecule has 31 heteroatoms. The van der Waals surface area contributed by atoms with Crippen molar-refractivity contribution in [1.29, 1.82) is 0 Å². The number of allylic oxidation sites excluding steroid dienone is 2. The number of hydrogen-bond acceptors (Lipinski definition) is 19. The quantitative estimate of drug-likeness (QED) is 0.00618. The van der Waals surface area contributed by atoms with Crippen molar-refractivity contribution in [2.75, 3.05) is 72.7 Å². The SMILES string of the molecule is CN1CCC(COC(=O)C(NCc2ccc(C(=O)O[C@@H](c3ccc(OC(F)F)c(OCC4CC4)c3)C(c3c(Cl)c[n+]([O-])cc3Cl)([C@@H](Cc3c(Cl)c[n+]([O-])cc3Cl)c3ccc(OC(F)F)c(OCC4CC4)c3)[SH]3C(CNC(C(=O)OCC45CCN(CC4)CC5)c4ccccc4)=CC=C3C(=O)O)s2)c2cccc(O)c2)CC1. The van der Waals surface area contributed by atoms with E-state index in [4.69, 9.17) is 79.6 Å². The van der Waals surface area contributed by atoms with Crippen molar-refractivity contribution in [2.45, 2.75) is 113 Å². The molecule has 5 aliphatic heterocycles. The minimum Gasteiger partial charge on any atom is -0.619 e. The number of carboxylic acids is 1. The number of aromatic nitrogens is 2. The molecule has 21 nitrogen and oxygen atoms in total. The number of benzene rings is 4. The Kier molecular flexibility index (Phi) is 25.7. The van der Waals surface area contributed by atoms with Crippen molar-refractivity contribution in [3.05, 3.63) is 224 Å². The maximum Gasteiger partial charge on any atom is 0.387 e. The number of nitrogens with one attached hydrogen (secondary N) is 2. The first kappa shape index (κ1) is 80.0. The van der Waals surface area contributed by atoms with Gasteiger partial charge < -0.3 is 63.6 Å². The molecular weight excluding hydrogens is 1550 g/mol. The van der Waals surface area contributed by atoms with Gasteiger partial charge in [-0.15, -0.1) is 11.3 Å². The second-order valence-corrected chi connectivity index (χ2v) is 34.1. The Morgan fingerprint density at radius 1 is 0.636 bits per heavy atom. The molecule has 4 saturated heterocycles. The number of hydrogen-bond donors (Lipinski definition) is 5. The van der Waals surface area contributed by atoms with Crippen LogP contribution in [0.4, 0.5) is 17.6 Å². The predicted molar refractivity (Wildman–Crippen MR) is 407 cm³/mol. The molecule has 4 aromatic carbocycles. The molecule has 3 aromatic heterocycles. The average Bonchev–Trinajstić information content (AvgIpc) is 1.33.